The predicted molar refractivity (Wildman–Crippen MR) is 50.5 cm³/mol. The minimum absolute atomic E-state index is 0. The normalized spacial score (nSPS) is 11.8. The largest absolute Gasteiger partial charge is 0.506 e. The Bertz CT molecular complexity index is 240. The van der Waals surface area contributed by atoms with Crippen LogP contribution >= 0.6 is 12.4 Å². The number of pyridine rings is 1. The third-order valence-corrected chi connectivity index (χ3v) is 1.38. The molecular weight excluding hydrogens is 176 g/mol. The molecule has 0 saturated carbocycles. The quantitative estimate of drug-likeness (QED) is 0.731. The number of nitrogens with zero attached hydrogens (tertiary/aromatic N) is 1. The van der Waals surface area contributed by atoms with Crippen LogP contribution in [0.25, 0.3) is 0 Å². The van der Waals surface area contributed by atoms with E-state index in [4.69, 9.17) is 5.73 Å². The minimum Gasteiger partial charge on any atom is -0.506 e. The lowest BCUT2D eigenvalue weighted by Gasteiger charge is -2.04. The molecule has 1 rings (SSSR count). The van der Waals surface area contributed by atoms with E-state index in [0.29, 0.717) is 12.1 Å². The highest BCUT2D eigenvalue weighted by molar-refractivity contribution is 5.85. The van der Waals surface area contributed by atoms with Gasteiger partial charge in [-0.1, -0.05) is 0 Å². The van der Waals surface area contributed by atoms with Crippen molar-refractivity contribution in [2.75, 3.05) is 0 Å². The Kier molecular flexibility index (Phi) is 4.62. The average molecular weight is 189 g/mol. The highest BCUT2D eigenvalue weighted by atomic mass is 35.5. The smallest absolute Gasteiger partial charge is 0.137 e. The lowest BCUT2D eigenvalue weighted by Crippen LogP contribution is -2.18. The van der Waals surface area contributed by atoms with E-state index in [0.717, 1.165) is 0 Å². The second-order valence-corrected chi connectivity index (χ2v) is 2.65. The summed E-state index contributed by atoms with van der Waals surface area (Å²) in [6.07, 6.45) is 2.27. The zero-order valence-electron chi connectivity index (χ0n) is 6.90. The number of aromatic nitrogens is 1. The van der Waals surface area contributed by atoms with Crippen molar-refractivity contribution in [1.29, 1.82) is 0 Å². The first-order chi connectivity index (χ1) is 5.20. The van der Waals surface area contributed by atoms with Crippen molar-refractivity contribution in [3.8, 4) is 5.75 Å². The van der Waals surface area contributed by atoms with Crippen molar-refractivity contribution < 1.29 is 5.11 Å². The van der Waals surface area contributed by atoms with E-state index in [-0.39, 0.29) is 24.2 Å². The molecule has 1 unspecified atom stereocenters. The molecule has 0 aliphatic rings. The number of rotatable bonds is 2. The van der Waals surface area contributed by atoms with Gasteiger partial charge in [0.05, 0.1) is 5.69 Å². The fourth-order valence-electron chi connectivity index (χ4n) is 0.892. The first kappa shape index (κ1) is 11.2. The standard InChI is InChI=1S/C8H12N2O.ClH/c1-6(9)5-7-8(11)3-2-4-10-7;/h2-4,6,11H,5,9H2,1H3;1H. The van der Waals surface area contributed by atoms with E-state index in [1.807, 2.05) is 6.92 Å². The molecular formula is C8H13ClN2O. The van der Waals surface area contributed by atoms with Crippen LogP contribution in [0.3, 0.4) is 0 Å². The summed E-state index contributed by atoms with van der Waals surface area (Å²) in [7, 11) is 0. The summed E-state index contributed by atoms with van der Waals surface area (Å²) >= 11 is 0. The van der Waals surface area contributed by atoms with Gasteiger partial charge in [-0.05, 0) is 19.1 Å². The molecule has 0 spiro atoms. The molecule has 1 atom stereocenters. The van der Waals surface area contributed by atoms with E-state index in [1.54, 1.807) is 18.3 Å². The second-order valence-electron chi connectivity index (χ2n) is 2.65. The van der Waals surface area contributed by atoms with Crippen LogP contribution in [-0.2, 0) is 6.42 Å². The summed E-state index contributed by atoms with van der Waals surface area (Å²) in [5.74, 6) is 0.227. The maximum Gasteiger partial charge on any atom is 0.137 e. The van der Waals surface area contributed by atoms with Crippen molar-refractivity contribution in [3.63, 3.8) is 0 Å². The average Bonchev–Trinajstić information content (AvgIpc) is 1.93. The Morgan fingerprint density at radius 3 is 2.83 bits per heavy atom. The van der Waals surface area contributed by atoms with Crippen molar-refractivity contribution >= 4 is 12.4 Å². The van der Waals surface area contributed by atoms with Gasteiger partial charge in [0.2, 0.25) is 0 Å². The summed E-state index contributed by atoms with van der Waals surface area (Å²) in [6, 6.07) is 3.35. The monoisotopic (exact) mass is 188 g/mol. The van der Waals surface area contributed by atoms with Gasteiger partial charge >= 0.3 is 0 Å². The lowest BCUT2D eigenvalue weighted by atomic mass is 10.1. The van der Waals surface area contributed by atoms with Crippen LogP contribution in [0.4, 0.5) is 0 Å². The molecule has 12 heavy (non-hydrogen) atoms. The molecule has 3 N–H and O–H groups in total. The Labute approximate surface area is 78.0 Å². The van der Waals surface area contributed by atoms with Gasteiger partial charge in [-0.2, -0.15) is 0 Å². The highest BCUT2D eigenvalue weighted by Gasteiger charge is 2.02. The first-order valence-corrected chi connectivity index (χ1v) is 3.58. The van der Waals surface area contributed by atoms with Gasteiger partial charge in [0, 0.05) is 18.7 Å². The fourth-order valence-corrected chi connectivity index (χ4v) is 0.892. The van der Waals surface area contributed by atoms with Gasteiger partial charge < -0.3 is 10.8 Å². The first-order valence-electron chi connectivity index (χ1n) is 3.58. The molecule has 0 radical (unpaired) electrons. The summed E-state index contributed by atoms with van der Waals surface area (Å²) in [5.41, 5.74) is 6.21. The molecule has 0 saturated heterocycles. The lowest BCUT2D eigenvalue weighted by molar-refractivity contribution is 0.461. The Balaban J connectivity index is 0.00000121. The fraction of sp³-hybridized carbons (Fsp3) is 0.375. The van der Waals surface area contributed by atoms with Gasteiger partial charge in [0.15, 0.2) is 0 Å². The zero-order valence-corrected chi connectivity index (χ0v) is 7.71. The van der Waals surface area contributed by atoms with Gasteiger partial charge in [0.25, 0.3) is 0 Å². The van der Waals surface area contributed by atoms with Gasteiger partial charge in [-0.3, -0.25) is 4.98 Å². The number of hydrogen-bond acceptors (Lipinski definition) is 3. The van der Waals surface area contributed by atoms with E-state index in [9.17, 15) is 5.11 Å². The third-order valence-electron chi connectivity index (χ3n) is 1.38. The minimum atomic E-state index is 0. The van der Waals surface area contributed by atoms with E-state index in [2.05, 4.69) is 4.98 Å². The number of aromatic hydroxyl groups is 1. The highest BCUT2D eigenvalue weighted by Crippen LogP contribution is 2.13. The molecule has 0 aliphatic heterocycles. The molecule has 4 heteroatoms. The molecule has 0 bridgehead atoms. The molecule has 1 heterocycles. The predicted octanol–water partition coefficient (Wildman–Crippen LogP) is 1.10. The van der Waals surface area contributed by atoms with Crippen LogP contribution < -0.4 is 5.73 Å². The SMILES string of the molecule is CC(N)Cc1ncccc1O.Cl. The van der Waals surface area contributed by atoms with E-state index >= 15 is 0 Å². The molecule has 1 aromatic rings. The van der Waals surface area contributed by atoms with Gasteiger partial charge in [-0.25, -0.2) is 0 Å². The van der Waals surface area contributed by atoms with Crippen LogP contribution in [0.1, 0.15) is 12.6 Å². The molecule has 0 aliphatic carbocycles. The molecule has 0 fully saturated rings. The molecule has 1 aromatic heterocycles. The topological polar surface area (TPSA) is 59.1 Å². The van der Waals surface area contributed by atoms with Crippen LogP contribution in [0, 0.1) is 0 Å². The zero-order chi connectivity index (χ0) is 8.27. The van der Waals surface area contributed by atoms with E-state index < -0.39 is 0 Å². The molecule has 0 amide bonds. The maximum absolute atomic E-state index is 9.24. The van der Waals surface area contributed by atoms with Crippen LogP contribution in [0.2, 0.25) is 0 Å². The van der Waals surface area contributed by atoms with Crippen LogP contribution in [0.15, 0.2) is 18.3 Å². The summed E-state index contributed by atoms with van der Waals surface area (Å²) in [6.45, 7) is 1.88. The molecule has 3 nitrogen and oxygen atoms in total. The van der Waals surface area contributed by atoms with Gasteiger partial charge in [-0.15, -0.1) is 12.4 Å². The maximum atomic E-state index is 9.24. The summed E-state index contributed by atoms with van der Waals surface area (Å²) in [5, 5.41) is 9.24. The number of halogens is 1. The molecule has 68 valence electrons. The Hall–Kier alpha value is -0.800. The number of nitrogens with two attached hydrogens (primary N) is 1. The van der Waals surface area contributed by atoms with Crippen molar-refractivity contribution in [2.24, 2.45) is 5.73 Å². The summed E-state index contributed by atoms with van der Waals surface area (Å²) in [4.78, 5) is 3.99. The number of hydrogen-bond donors (Lipinski definition) is 2. The van der Waals surface area contributed by atoms with Crippen molar-refractivity contribution in [3.05, 3.63) is 24.0 Å². The van der Waals surface area contributed by atoms with Crippen LogP contribution in [-0.4, -0.2) is 16.1 Å². The summed E-state index contributed by atoms with van der Waals surface area (Å²) < 4.78 is 0. The van der Waals surface area contributed by atoms with E-state index in [1.165, 1.54) is 0 Å². The van der Waals surface area contributed by atoms with Crippen molar-refractivity contribution in [2.45, 2.75) is 19.4 Å². The second kappa shape index (κ2) is 4.95. The molecule has 0 aromatic carbocycles. The van der Waals surface area contributed by atoms with Crippen molar-refractivity contribution in [1.82, 2.24) is 4.98 Å². The Morgan fingerprint density at radius 1 is 1.67 bits per heavy atom. The van der Waals surface area contributed by atoms with Gasteiger partial charge in [0.1, 0.15) is 5.75 Å². The van der Waals surface area contributed by atoms with Crippen LogP contribution in [0.5, 0.6) is 5.75 Å². The third kappa shape index (κ3) is 3.07. The Morgan fingerprint density at radius 2 is 2.33 bits per heavy atom.